The third kappa shape index (κ3) is 3.94. The maximum atomic E-state index is 12.9. The van der Waals surface area contributed by atoms with E-state index >= 15 is 0 Å². The number of carbonyl (C=O) groups excluding carboxylic acids is 1. The van der Waals surface area contributed by atoms with Gasteiger partial charge in [-0.15, -0.1) is 0 Å². The lowest BCUT2D eigenvalue weighted by molar-refractivity contribution is -0.138. The summed E-state index contributed by atoms with van der Waals surface area (Å²) in [5.41, 5.74) is 1.58. The Balaban J connectivity index is 2.09. The van der Waals surface area contributed by atoms with Crippen molar-refractivity contribution in [2.45, 2.75) is 19.3 Å². The number of hydrogen-bond donors (Lipinski definition) is 2. The standard InChI is InChI=1S/C16H18FN3O3/c1-3-12-8-14(20(2)19-12)15(21)18-9-13(16(22)23)10-4-6-11(17)7-5-10/h4-8,13H,3,9H2,1-2H3,(H,18,21)(H,22,23). The molecule has 1 amide bonds. The molecule has 2 N–H and O–H groups in total. The zero-order chi connectivity index (χ0) is 17.0. The van der Waals surface area contributed by atoms with E-state index in [1.165, 1.54) is 28.9 Å². The maximum Gasteiger partial charge on any atom is 0.312 e. The summed E-state index contributed by atoms with van der Waals surface area (Å²) in [6.45, 7) is 1.84. The molecule has 1 unspecified atom stereocenters. The molecule has 1 heterocycles. The van der Waals surface area contributed by atoms with E-state index in [2.05, 4.69) is 10.4 Å². The van der Waals surface area contributed by atoms with Gasteiger partial charge in [-0.25, -0.2) is 4.39 Å². The van der Waals surface area contributed by atoms with E-state index in [1.807, 2.05) is 6.92 Å². The van der Waals surface area contributed by atoms with Crippen LogP contribution >= 0.6 is 0 Å². The van der Waals surface area contributed by atoms with Gasteiger partial charge in [-0.3, -0.25) is 14.3 Å². The van der Waals surface area contributed by atoms with Gasteiger partial charge in [0.05, 0.1) is 11.6 Å². The number of amides is 1. The Morgan fingerprint density at radius 2 is 2.00 bits per heavy atom. The van der Waals surface area contributed by atoms with Crippen molar-refractivity contribution in [3.8, 4) is 0 Å². The fraction of sp³-hybridized carbons (Fsp3) is 0.312. The summed E-state index contributed by atoms with van der Waals surface area (Å²) >= 11 is 0. The molecule has 122 valence electrons. The van der Waals surface area contributed by atoms with Gasteiger partial charge in [0, 0.05) is 13.6 Å². The molecule has 0 radical (unpaired) electrons. The quantitative estimate of drug-likeness (QED) is 0.849. The van der Waals surface area contributed by atoms with Crippen molar-refractivity contribution >= 4 is 11.9 Å². The summed E-state index contributed by atoms with van der Waals surface area (Å²) in [4.78, 5) is 23.6. The third-order valence-electron chi connectivity index (χ3n) is 3.56. The van der Waals surface area contributed by atoms with Crippen LogP contribution in [0.1, 0.15) is 34.6 Å². The summed E-state index contributed by atoms with van der Waals surface area (Å²) in [6, 6.07) is 6.87. The Hall–Kier alpha value is -2.70. The number of aliphatic carboxylic acids is 1. The number of nitrogens with zero attached hydrogens (tertiary/aromatic N) is 2. The second-order valence-electron chi connectivity index (χ2n) is 5.15. The molecule has 0 fully saturated rings. The first-order chi connectivity index (χ1) is 10.9. The Bertz CT molecular complexity index is 710. The largest absolute Gasteiger partial charge is 0.481 e. The van der Waals surface area contributed by atoms with E-state index in [-0.39, 0.29) is 6.54 Å². The highest BCUT2D eigenvalue weighted by Gasteiger charge is 2.22. The van der Waals surface area contributed by atoms with Crippen LogP contribution in [0, 0.1) is 5.82 Å². The van der Waals surface area contributed by atoms with Crippen LogP contribution in [-0.2, 0) is 18.3 Å². The van der Waals surface area contributed by atoms with Crippen molar-refractivity contribution in [2.24, 2.45) is 7.05 Å². The highest BCUT2D eigenvalue weighted by atomic mass is 19.1. The van der Waals surface area contributed by atoms with Crippen molar-refractivity contribution in [3.63, 3.8) is 0 Å². The number of rotatable bonds is 6. The molecule has 7 heteroatoms. The lowest BCUT2D eigenvalue weighted by Gasteiger charge is -2.14. The number of nitrogens with one attached hydrogen (secondary N) is 1. The molecule has 0 aliphatic carbocycles. The summed E-state index contributed by atoms with van der Waals surface area (Å²) < 4.78 is 14.4. The van der Waals surface area contributed by atoms with Gasteiger partial charge in [0.25, 0.3) is 5.91 Å². The number of halogens is 1. The van der Waals surface area contributed by atoms with Gasteiger partial charge in [0.2, 0.25) is 0 Å². The van der Waals surface area contributed by atoms with Gasteiger partial charge in [-0.1, -0.05) is 19.1 Å². The predicted molar refractivity (Wildman–Crippen MR) is 81.7 cm³/mol. The lowest BCUT2D eigenvalue weighted by atomic mass is 9.99. The molecule has 2 aromatic rings. The Labute approximate surface area is 132 Å². The van der Waals surface area contributed by atoms with Gasteiger partial charge < -0.3 is 10.4 Å². The molecule has 1 aromatic carbocycles. The molecule has 2 rings (SSSR count). The smallest absolute Gasteiger partial charge is 0.312 e. The minimum Gasteiger partial charge on any atom is -0.481 e. The van der Waals surface area contributed by atoms with Gasteiger partial charge in [-0.2, -0.15) is 5.10 Å². The van der Waals surface area contributed by atoms with Crippen molar-refractivity contribution in [2.75, 3.05) is 6.54 Å². The summed E-state index contributed by atoms with van der Waals surface area (Å²) in [6.07, 6.45) is 0.703. The predicted octanol–water partition coefficient (Wildman–Crippen LogP) is 1.72. The first-order valence-corrected chi connectivity index (χ1v) is 7.21. The number of benzene rings is 1. The van der Waals surface area contributed by atoms with Gasteiger partial charge >= 0.3 is 5.97 Å². The normalized spacial score (nSPS) is 12.0. The molecule has 0 aliphatic heterocycles. The molecule has 1 aromatic heterocycles. The van der Waals surface area contributed by atoms with E-state index in [0.717, 1.165) is 5.69 Å². The van der Waals surface area contributed by atoms with Gasteiger partial charge in [0.1, 0.15) is 11.5 Å². The topological polar surface area (TPSA) is 84.2 Å². The molecule has 0 aliphatic rings. The lowest BCUT2D eigenvalue weighted by Crippen LogP contribution is -2.32. The van der Waals surface area contributed by atoms with E-state index in [1.54, 1.807) is 13.1 Å². The number of aromatic nitrogens is 2. The Morgan fingerprint density at radius 1 is 1.35 bits per heavy atom. The number of hydrogen-bond acceptors (Lipinski definition) is 3. The highest BCUT2D eigenvalue weighted by molar-refractivity contribution is 5.93. The number of carboxylic acids is 1. The van der Waals surface area contributed by atoms with Crippen LogP contribution in [0.2, 0.25) is 0 Å². The zero-order valence-corrected chi connectivity index (χ0v) is 12.9. The van der Waals surface area contributed by atoms with E-state index in [4.69, 9.17) is 0 Å². The fourth-order valence-corrected chi connectivity index (χ4v) is 2.24. The number of aryl methyl sites for hydroxylation is 2. The average Bonchev–Trinajstić information content (AvgIpc) is 2.90. The first-order valence-electron chi connectivity index (χ1n) is 7.21. The van der Waals surface area contributed by atoms with E-state index in [0.29, 0.717) is 17.7 Å². The first kappa shape index (κ1) is 16.7. The third-order valence-corrected chi connectivity index (χ3v) is 3.56. The molecule has 0 saturated carbocycles. The molecule has 0 bridgehead atoms. The van der Waals surface area contributed by atoms with E-state index in [9.17, 15) is 19.1 Å². The zero-order valence-electron chi connectivity index (χ0n) is 12.9. The van der Waals surface area contributed by atoms with Crippen LogP contribution < -0.4 is 5.32 Å². The average molecular weight is 319 g/mol. The summed E-state index contributed by atoms with van der Waals surface area (Å²) in [5.74, 6) is -2.87. The molecule has 0 saturated heterocycles. The van der Waals surface area contributed by atoms with Crippen LogP contribution in [0.15, 0.2) is 30.3 Å². The molecular formula is C16H18FN3O3. The second kappa shape index (κ2) is 7.04. The SMILES string of the molecule is CCc1cc(C(=O)NCC(C(=O)O)c2ccc(F)cc2)n(C)n1. The fourth-order valence-electron chi connectivity index (χ4n) is 2.24. The number of carbonyl (C=O) groups is 2. The van der Waals surface area contributed by atoms with Crippen molar-refractivity contribution in [3.05, 3.63) is 53.1 Å². The molecule has 1 atom stereocenters. The van der Waals surface area contributed by atoms with Crippen LogP contribution in [0.3, 0.4) is 0 Å². The second-order valence-corrected chi connectivity index (χ2v) is 5.15. The van der Waals surface area contributed by atoms with Crippen molar-refractivity contribution < 1.29 is 19.1 Å². The monoisotopic (exact) mass is 319 g/mol. The van der Waals surface area contributed by atoms with Crippen LogP contribution in [-0.4, -0.2) is 33.3 Å². The van der Waals surface area contributed by atoms with Gasteiger partial charge in [0.15, 0.2) is 0 Å². The Kier molecular flexibility index (Phi) is 5.10. The number of carboxylic acid groups (broad SMARTS) is 1. The van der Waals surface area contributed by atoms with Gasteiger partial charge in [-0.05, 0) is 30.2 Å². The molecule has 6 nitrogen and oxygen atoms in total. The summed E-state index contributed by atoms with van der Waals surface area (Å²) in [7, 11) is 1.66. The summed E-state index contributed by atoms with van der Waals surface area (Å²) in [5, 5.41) is 16.1. The van der Waals surface area contributed by atoms with Crippen LogP contribution in [0.25, 0.3) is 0 Å². The molecule has 23 heavy (non-hydrogen) atoms. The molecule has 0 spiro atoms. The van der Waals surface area contributed by atoms with Crippen LogP contribution in [0.5, 0.6) is 0 Å². The maximum absolute atomic E-state index is 12.9. The Morgan fingerprint density at radius 3 is 2.52 bits per heavy atom. The highest BCUT2D eigenvalue weighted by Crippen LogP contribution is 2.16. The van der Waals surface area contributed by atoms with Crippen molar-refractivity contribution in [1.29, 1.82) is 0 Å². The van der Waals surface area contributed by atoms with Crippen LogP contribution in [0.4, 0.5) is 4.39 Å². The molecular weight excluding hydrogens is 301 g/mol. The minimum absolute atomic E-state index is 0.0908. The van der Waals surface area contributed by atoms with Crippen molar-refractivity contribution in [1.82, 2.24) is 15.1 Å². The van der Waals surface area contributed by atoms with E-state index < -0.39 is 23.6 Å². The minimum atomic E-state index is -1.09.